The maximum Gasteiger partial charge on any atom is 0.356 e. The van der Waals surface area contributed by atoms with Gasteiger partial charge in [-0.15, -0.1) is 5.10 Å². The second-order valence-corrected chi connectivity index (χ2v) is 9.85. The molecule has 1 aliphatic heterocycles. The van der Waals surface area contributed by atoms with E-state index in [-0.39, 0.29) is 12.3 Å². The fourth-order valence-corrected chi connectivity index (χ4v) is 4.09. The lowest BCUT2D eigenvalue weighted by molar-refractivity contribution is -0.121. The van der Waals surface area contributed by atoms with Gasteiger partial charge in [-0.2, -0.15) is 4.68 Å². The van der Waals surface area contributed by atoms with Gasteiger partial charge in [0, 0.05) is 37.4 Å². The van der Waals surface area contributed by atoms with Crippen molar-refractivity contribution in [3.05, 3.63) is 64.5 Å². The fourth-order valence-electron chi connectivity index (χ4n) is 4.09. The summed E-state index contributed by atoms with van der Waals surface area (Å²) >= 11 is 0. The topological polar surface area (TPSA) is 104 Å². The quantitative estimate of drug-likeness (QED) is 0.509. The molecule has 3 aromatic rings. The molecule has 0 atom stereocenters. The van der Waals surface area contributed by atoms with Crippen LogP contribution in [0.2, 0.25) is 0 Å². The minimum atomic E-state index is -0.407. The summed E-state index contributed by atoms with van der Waals surface area (Å²) in [6.45, 7) is 10.1. The predicted octanol–water partition coefficient (Wildman–Crippen LogP) is 1.76. The van der Waals surface area contributed by atoms with Crippen LogP contribution in [0.25, 0.3) is 11.5 Å². The van der Waals surface area contributed by atoms with Gasteiger partial charge < -0.3 is 14.8 Å². The van der Waals surface area contributed by atoms with Gasteiger partial charge in [0.15, 0.2) is 5.82 Å². The Balaban J connectivity index is 1.62. The number of ether oxygens (including phenoxy) is 2. The van der Waals surface area contributed by atoms with Crippen LogP contribution in [0, 0.1) is 0 Å². The third-order valence-corrected chi connectivity index (χ3v) is 5.84. The summed E-state index contributed by atoms with van der Waals surface area (Å²) in [4.78, 5) is 33.1. The van der Waals surface area contributed by atoms with Crippen LogP contribution in [0.15, 0.2) is 47.4 Å². The maximum atomic E-state index is 13.5. The summed E-state index contributed by atoms with van der Waals surface area (Å²) in [5, 5.41) is 7.44. The number of morpholine rings is 1. The molecule has 0 aliphatic carbocycles. The predicted molar refractivity (Wildman–Crippen MR) is 136 cm³/mol. The van der Waals surface area contributed by atoms with E-state index in [1.807, 2.05) is 26.8 Å². The minimum absolute atomic E-state index is 0.0612. The van der Waals surface area contributed by atoms with Crippen molar-refractivity contribution in [3.8, 4) is 17.3 Å². The van der Waals surface area contributed by atoms with Gasteiger partial charge in [0.25, 0.3) is 0 Å². The molecule has 2 aromatic heterocycles. The van der Waals surface area contributed by atoms with Crippen molar-refractivity contribution in [3.63, 3.8) is 0 Å². The SMILES string of the molecule is COc1cccc(-n2c(CC(=O)NC(C)(C)C)nn(-c3ccc(CCN4CCOCC4)cn3)c2=O)c1. The van der Waals surface area contributed by atoms with Crippen molar-refractivity contribution in [2.45, 2.75) is 39.2 Å². The smallest absolute Gasteiger partial charge is 0.356 e. The lowest BCUT2D eigenvalue weighted by Gasteiger charge is -2.26. The normalized spacial score (nSPS) is 14.6. The van der Waals surface area contributed by atoms with E-state index in [1.165, 1.54) is 9.25 Å². The van der Waals surface area contributed by atoms with E-state index in [4.69, 9.17) is 9.47 Å². The van der Waals surface area contributed by atoms with Gasteiger partial charge in [0.2, 0.25) is 5.91 Å². The van der Waals surface area contributed by atoms with Crippen LogP contribution >= 0.6 is 0 Å². The summed E-state index contributed by atoms with van der Waals surface area (Å²) in [6, 6.07) is 10.9. The van der Waals surface area contributed by atoms with Crippen molar-refractivity contribution < 1.29 is 14.3 Å². The first-order valence-corrected chi connectivity index (χ1v) is 12.2. The van der Waals surface area contributed by atoms with Crippen molar-refractivity contribution in [1.82, 2.24) is 29.5 Å². The molecule has 0 saturated carbocycles. The Kier molecular flexibility index (Phi) is 7.85. The number of nitrogens with one attached hydrogen (secondary N) is 1. The standard InChI is InChI=1S/C26H34N6O4/c1-26(2,3)28-24(33)17-23-29-32(25(34)31(23)20-6-5-7-21(16-20)35-4)22-9-8-19(18-27-22)10-11-30-12-14-36-15-13-30/h5-9,16,18H,10-15,17H2,1-4H3,(H,28,33). The lowest BCUT2D eigenvalue weighted by Crippen LogP contribution is -2.41. The molecule has 0 bridgehead atoms. The monoisotopic (exact) mass is 494 g/mol. The Morgan fingerprint density at radius 1 is 1.17 bits per heavy atom. The van der Waals surface area contributed by atoms with Crippen molar-refractivity contribution in [1.29, 1.82) is 0 Å². The van der Waals surface area contributed by atoms with Gasteiger partial charge in [-0.1, -0.05) is 12.1 Å². The van der Waals surface area contributed by atoms with E-state index in [2.05, 4.69) is 20.3 Å². The zero-order valence-corrected chi connectivity index (χ0v) is 21.4. The van der Waals surface area contributed by atoms with Crippen LogP contribution in [-0.2, 0) is 22.4 Å². The fraction of sp³-hybridized carbons (Fsp3) is 0.462. The van der Waals surface area contributed by atoms with Gasteiger partial charge in [0.1, 0.15) is 11.6 Å². The highest BCUT2D eigenvalue weighted by Crippen LogP contribution is 2.17. The number of methoxy groups -OCH3 is 1. The number of benzene rings is 1. The molecule has 1 N–H and O–H groups in total. The van der Waals surface area contributed by atoms with E-state index >= 15 is 0 Å². The largest absolute Gasteiger partial charge is 0.497 e. The highest BCUT2D eigenvalue weighted by Gasteiger charge is 2.22. The number of carbonyl (C=O) groups excluding carboxylic acids is 1. The van der Waals surface area contributed by atoms with Crippen LogP contribution in [0.3, 0.4) is 0 Å². The van der Waals surface area contributed by atoms with Gasteiger partial charge in [0.05, 0.1) is 32.4 Å². The molecule has 3 heterocycles. The number of nitrogens with zero attached hydrogens (tertiary/aromatic N) is 5. The van der Waals surface area contributed by atoms with Crippen LogP contribution in [0.1, 0.15) is 32.2 Å². The summed E-state index contributed by atoms with van der Waals surface area (Å²) in [7, 11) is 1.56. The molecule has 1 saturated heterocycles. The second-order valence-electron chi connectivity index (χ2n) is 9.85. The second kappa shape index (κ2) is 11.0. The van der Waals surface area contributed by atoms with E-state index < -0.39 is 11.2 Å². The van der Waals surface area contributed by atoms with Gasteiger partial charge in [-0.05, 0) is 51.0 Å². The van der Waals surface area contributed by atoms with Crippen molar-refractivity contribution >= 4 is 5.91 Å². The Bertz CT molecular complexity index is 1240. The number of hydrogen-bond acceptors (Lipinski definition) is 7. The lowest BCUT2D eigenvalue weighted by atomic mass is 10.1. The Morgan fingerprint density at radius 3 is 2.61 bits per heavy atom. The number of carbonyl (C=O) groups is 1. The Labute approximate surface area is 210 Å². The van der Waals surface area contributed by atoms with Crippen molar-refractivity contribution in [2.24, 2.45) is 0 Å². The molecule has 10 nitrogen and oxygen atoms in total. The van der Waals surface area contributed by atoms with E-state index in [9.17, 15) is 9.59 Å². The third-order valence-electron chi connectivity index (χ3n) is 5.84. The zero-order chi connectivity index (χ0) is 25.7. The highest BCUT2D eigenvalue weighted by atomic mass is 16.5. The molecule has 0 unspecified atom stereocenters. The molecular weight excluding hydrogens is 460 g/mol. The third kappa shape index (κ3) is 6.38. The van der Waals surface area contributed by atoms with E-state index in [1.54, 1.807) is 43.6 Å². The molecule has 36 heavy (non-hydrogen) atoms. The summed E-state index contributed by atoms with van der Waals surface area (Å²) in [5.74, 6) is 1.08. The summed E-state index contributed by atoms with van der Waals surface area (Å²) in [5.41, 5.74) is 0.830. The molecule has 1 aliphatic rings. The first-order valence-electron chi connectivity index (χ1n) is 12.2. The van der Waals surface area contributed by atoms with Crippen LogP contribution in [0.4, 0.5) is 0 Å². The molecule has 192 valence electrons. The number of hydrogen-bond donors (Lipinski definition) is 1. The first-order chi connectivity index (χ1) is 17.2. The number of rotatable bonds is 8. The molecule has 0 spiro atoms. The Hall–Kier alpha value is -3.50. The van der Waals surface area contributed by atoms with Gasteiger partial charge in [-0.3, -0.25) is 9.69 Å². The zero-order valence-electron chi connectivity index (χ0n) is 21.4. The Morgan fingerprint density at radius 2 is 1.94 bits per heavy atom. The average Bonchev–Trinajstić information content (AvgIpc) is 3.17. The van der Waals surface area contributed by atoms with Crippen molar-refractivity contribution in [2.75, 3.05) is 40.0 Å². The summed E-state index contributed by atoms with van der Waals surface area (Å²) in [6.07, 6.45) is 2.58. The first kappa shape index (κ1) is 25.6. The molecular formula is C26H34N6O4. The molecule has 1 amide bonds. The van der Waals surface area contributed by atoms with E-state index in [0.717, 1.165) is 44.8 Å². The highest BCUT2D eigenvalue weighted by molar-refractivity contribution is 5.78. The van der Waals surface area contributed by atoms with Crippen LogP contribution < -0.4 is 15.7 Å². The number of aromatic nitrogens is 4. The van der Waals surface area contributed by atoms with Gasteiger partial charge in [-0.25, -0.2) is 14.3 Å². The molecule has 4 rings (SSSR count). The minimum Gasteiger partial charge on any atom is -0.497 e. The van der Waals surface area contributed by atoms with Gasteiger partial charge >= 0.3 is 5.69 Å². The maximum absolute atomic E-state index is 13.5. The average molecular weight is 495 g/mol. The van der Waals surface area contributed by atoms with E-state index in [0.29, 0.717) is 23.1 Å². The molecule has 1 aromatic carbocycles. The molecule has 1 fully saturated rings. The number of amides is 1. The number of pyridine rings is 1. The molecule has 10 heteroatoms. The van der Waals surface area contributed by atoms with Crippen LogP contribution in [-0.4, -0.2) is 75.6 Å². The summed E-state index contributed by atoms with van der Waals surface area (Å²) < 4.78 is 13.4. The molecule has 0 radical (unpaired) electrons. The van der Waals surface area contributed by atoms with Crippen LogP contribution in [0.5, 0.6) is 5.75 Å².